The highest BCUT2D eigenvalue weighted by atomic mass is 127. The van der Waals surface area contributed by atoms with E-state index in [0.29, 0.717) is 0 Å². The van der Waals surface area contributed by atoms with Crippen molar-refractivity contribution in [2.75, 3.05) is 0 Å². The highest BCUT2D eigenvalue weighted by Crippen LogP contribution is 2.57. The fourth-order valence-corrected chi connectivity index (χ4v) is 10.2. The third kappa shape index (κ3) is 6.75. The maximum atomic E-state index is 3.88. The Labute approximate surface area is 314 Å². The maximum Gasteiger partial charge on any atom is 0.0215 e. The number of hydrogen-bond acceptors (Lipinski definition) is 0. The quantitative estimate of drug-likeness (QED) is 0.0736. The molecule has 0 fully saturated rings. The van der Waals surface area contributed by atoms with Gasteiger partial charge in [0.2, 0.25) is 0 Å². The van der Waals surface area contributed by atoms with E-state index in [1.807, 2.05) is 0 Å². The third-order valence-electron chi connectivity index (χ3n) is 11.8. The molecule has 0 aromatic heterocycles. The first kappa shape index (κ1) is 35.9. The van der Waals surface area contributed by atoms with Gasteiger partial charge in [0, 0.05) is 18.9 Å². The Morgan fingerprint density at radius 3 is 1.21 bits per heavy atom. The number of benzene rings is 4. The SMILES string of the molecule is CCCCCC1(CCCCC)c2cc(Br)ccc2-c2ccc(-c3ccc4c(c3)C(CCCCC)(CCCCC)c3cc(I)ccc3-4)cc21. The number of unbranched alkanes of at least 4 members (excludes halogenated alkanes) is 8. The van der Waals surface area contributed by atoms with Crippen molar-refractivity contribution >= 4 is 38.5 Å². The van der Waals surface area contributed by atoms with E-state index >= 15 is 0 Å². The second-order valence-electron chi connectivity index (χ2n) is 14.9. The Bertz CT molecular complexity index is 1570. The van der Waals surface area contributed by atoms with Crippen LogP contribution in [-0.2, 0) is 10.8 Å². The second-order valence-corrected chi connectivity index (χ2v) is 17.1. The van der Waals surface area contributed by atoms with Crippen LogP contribution in [0.3, 0.4) is 0 Å². The van der Waals surface area contributed by atoms with Gasteiger partial charge < -0.3 is 0 Å². The Hall–Kier alpha value is -1.91. The molecule has 0 bridgehead atoms. The van der Waals surface area contributed by atoms with Gasteiger partial charge in [0.1, 0.15) is 0 Å². The van der Waals surface area contributed by atoms with Crippen LogP contribution in [0.4, 0.5) is 0 Å². The standard InChI is InChI=1S/C46H56BrI/c1-5-9-13-25-45(26-14-10-6-2)41-29-33(17-21-37(41)39-23-19-35(47)31-43(39)45)34-18-22-38-40-24-20-36(48)32-44(40)46(42(38)30-34,27-15-11-7-3)28-16-12-8-4/h17-24,29-32H,5-16,25-28H2,1-4H3. The van der Waals surface area contributed by atoms with Crippen LogP contribution >= 0.6 is 38.5 Å². The zero-order chi connectivity index (χ0) is 33.7. The highest BCUT2D eigenvalue weighted by molar-refractivity contribution is 14.1. The van der Waals surface area contributed by atoms with Crippen molar-refractivity contribution in [2.45, 2.75) is 141 Å². The summed E-state index contributed by atoms with van der Waals surface area (Å²) in [7, 11) is 0. The number of fused-ring (bicyclic) bond motifs is 6. The minimum absolute atomic E-state index is 0.0858. The molecular weight excluding hydrogens is 759 g/mol. The first-order chi connectivity index (χ1) is 23.4. The van der Waals surface area contributed by atoms with Crippen molar-refractivity contribution in [1.82, 2.24) is 0 Å². The van der Waals surface area contributed by atoms with Crippen molar-refractivity contribution in [1.29, 1.82) is 0 Å². The van der Waals surface area contributed by atoms with Crippen molar-refractivity contribution in [3.8, 4) is 33.4 Å². The molecule has 0 atom stereocenters. The summed E-state index contributed by atoms with van der Waals surface area (Å²) in [4.78, 5) is 0. The zero-order valence-corrected chi connectivity index (χ0v) is 33.7. The molecule has 2 aliphatic rings. The van der Waals surface area contributed by atoms with Gasteiger partial charge in [-0.1, -0.05) is 157 Å². The van der Waals surface area contributed by atoms with Crippen LogP contribution < -0.4 is 0 Å². The molecular formula is C46H56BrI. The Morgan fingerprint density at radius 2 is 0.792 bits per heavy atom. The van der Waals surface area contributed by atoms with Crippen LogP contribution in [0.15, 0.2) is 77.3 Å². The Balaban J connectivity index is 1.49. The van der Waals surface area contributed by atoms with E-state index in [1.54, 1.807) is 22.3 Å². The fraction of sp³-hybridized carbons (Fsp3) is 0.478. The lowest BCUT2D eigenvalue weighted by atomic mass is 9.69. The third-order valence-corrected chi connectivity index (χ3v) is 13.0. The largest absolute Gasteiger partial charge is 0.0654 e. The van der Waals surface area contributed by atoms with Gasteiger partial charge in [-0.2, -0.15) is 0 Å². The molecule has 0 N–H and O–H groups in total. The number of rotatable bonds is 17. The van der Waals surface area contributed by atoms with Gasteiger partial charge in [-0.15, -0.1) is 0 Å². The second kappa shape index (κ2) is 16.0. The minimum atomic E-state index is 0.0858. The first-order valence-corrected chi connectivity index (χ1v) is 21.2. The van der Waals surface area contributed by atoms with Gasteiger partial charge in [0.15, 0.2) is 0 Å². The summed E-state index contributed by atoms with van der Waals surface area (Å²) in [6, 6.07) is 29.4. The summed E-state index contributed by atoms with van der Waals surface area (Å²) >= 11 is 6.41. The molecule has 0 aliphatic heterocycles. The lowest BCUT2D eigenvalue weighted by Gasteiger charge is -2.34. The normalized spacial score (nSPS) is 14.9. The monoisotopic (exact) mass is 814 g/mol. The summed E-state index contributed by atoms with van der Waals surface area (Å²) in [6.45, 7) is 9.37. The molecule has 0 amide bonds. The van der Waals surface area contributed by atoms with E-state index in [1.165, 1.54) is 144 Å². The van der Waals surface area contributed by atoms with Crippen LogP contribution in [0.2, 0.25) is 0 Å². The molecule has 4 aromatic rings. The van der Waals surface area contributed by atoms with Crippen molar-refractivity contribution in [3.05, 3.63) is 103 Å². The Kier molecular flexibility index (Phi) is 11.9. The van der Waals surface area contributed by atoms with Crippen molar-refractivity contribution < 1.29 is 0 Å². The zero-order valence-electron chi connectivity index (χ0n) is 30.0. The van der Waals surface area contributed by atoms with Crippen molar-refractivity contribution in [3.63, 3.8) is 0 Å². The van der Waals surface area contributed by atoms with Crippen LogP contribution in [0, 0.1) is 3.57 Å². The predicted molar refractivity (Wildman–Crippen MR) is 221 cm³/mol. The van der Waals surface area contributed by atoms with E-state index < -0.39 is 0 Å². The highest BCUT2D eigenvalue weighted by Gasteiger charge is 2.44. The molecule has 48 heavy (non-hydrogen) atoms. The van der Waals surface area contributed by atoms with Gasteiger partial charge in [-0.3, -0.25) is 0 Å². The average molecular weight is 816 g/mol. The first-order valence-electron chi connectivity index (χ1n) is 19.3. The van der Waals surface area contributed by atoms with E-state index in [0.717, 1.165) is 0 Å². The smallest absolute Gasteiger partial charge is 0.0215 e. The maximum absolute atomic E-state index is 3.88. The molecule has 2 heteroatoms. The summed E-state index contributed by atoms with van der Waals surface area (Å²) in [6.07, 6.45) is 20.4. The van der Waals surface area contributed by atoms with Crippen LogP contribution in [0.5, 0.6) is 0 Å². The minimum Gasteiger partial charge on any atom is -0.0654 e. The molecule has 0 radical (unpaired) electrons. The van der Waals surface area contributed by atoms with Gasteiger partial charge in [0.05, 0.1) is 0 Å². The molecule has 0 heterocycles. The van der Waals surface area contributed by atoms with Crippen LogP contribution in [0.25, 0.3) is 33.4 Å². The summed E-state index contributed by atoms with van der Waals surface area (Å²) < 4.78 is 2.57. The Morgan fingerprint density at radius 1 is 0.438 bits per heavy atom. The van der Waals surface area contributed by atoms with E-state index in [4.69, 9.17) is 0 Å². The number of halogens is 2. The van der Waals surface area contributed by atoms with Crippen LogP contribution in [0.1, 0.15) is 153 Å². The number of hydrogen-bond donors (Lipinski definition) is 0. The van der Waals surface area contributed by atoms with E-state index in [9.17, 15) is 0 Å². The molecule has 0 nitrogen and oxygen atoms in total. The van der Waals surface area contributed by atoms with Gasteiger partial charge in [0.25, 0.3) is 0 Å². The summed E-state index contributed by atoms with van der Waals surface area (Å²) in [5.41, 5.74) is 15.2. The van der Waals surface area contributed by atoms with Crippen LogP contribution in [-0.4, -0.2) is 0 Å². The predicted octanol–water partition coefficient (Wildman–Crippen LogP) is 15.6. The summed E-state index contributed by atoms with van der Waals surface area (Å²) in [5.74, 6) is 0. The van der Waals surface area contributed by atoms with Gasteiger partial charge in [-0.05, 0) is 140 Å². The molecule has 0 saturated heterocycles. The fourth-order valence-electron chi connectivity index (χ4n) is 9.33. The molecule has 4 aromatic carbocycles. The molecule has 2 aliphatic carbocycles. The summed E-state index contributed by atoms with van der Waals surface area (Å²) in [5, 5.41) is 0. The lowest BCUT2D eigenvalue weighted by molar-refractivity contribution is 0.405. The molecule has 0 unspecified atom stereocenters. The lowest BCUT2D eigenvalue weighted by Crippen LogP contribution is -2.26. The average Bonchev–Trinajstić information content (AvgIpc) is 3.51. The molecule has 0 saturated carbocycles. The van der Waals surface area contributed by atoms with E-state index in [2.05, 4.69) is 139 Å². The van der Waals surface area contributed by atoms with E-state index in [-0.39, 0.29) is 10.8 Å². The van der Waals surface area contributed by atoms with Gasteiger partial charge >= 0.3 is 0 Å². The topological polar surface area (TPSA) is 0 Å². The van der Waals surface area contributed by atoms with Crippen molar-refractivity contribution in [2.24, 2.45) is 0 Å². The molecule has 0 spiro atoms. The molecule has 6 rings (SSSR count). The molecule has 254 valence electrons. The van der Waals surface area contributed by atoms with Gasteiger partial charge in [-0.25, -0.2) is 0 Å².